The molecule has 0 spiro atoms. The van der Waals surface area contributed by atoms with Crippen molar-refractivity contribution in [3.63, 3.8) is 0 Å². The minimum Gasteiger partial charge on any atom is -0.481 e. The first-order valence-corrected chi connectivity index (χ1v) is 7.02. The highest BCUT2D eigenvalue weighted by Crippen LogP contribution is 2.34. The highest BCUT2D eigenvalue weighted by molar-refractivity contribution is 5.76. The smallest absolute Gasteiger partial charge is 0.317 e. The van der Waals surface area contributed by atoms with Crippen LogP contribution in [-0.2, 0) is 4.79 Å². The lowest BCUT2D eigenvalue weighted by Gasteiger charge is -2.24. The molecule has 1 saturated carbocycles. The normalized spacial score (nSPS) is 22.7. The number of nitrogens with one attached hydrogen (secondary N) is 1. The number of urea groups is 1. The van der Waals surface area contributed by atoms with Crippen LogP contribution in [0.4, 0.5) is 4.79 Å². The quantitative estimate of drug-likeness (QED) is 0.783. The van der Waals surface area contributed by atoms with Crippen LogP contribution < -0.4 is 5.32 Å². The van der Waals surface area contributed by atoms with Gasteiger partial charge in [0.15, 0.2) is 0 Å². The van der Waals surface area contributed by atoms with Crippen LogP contribution in [0.25, 0.3) is 0 Å². The molecule has 1 unspecified atom stereocenters. The predicted molar refractivity (Wildman–Crippen MR) is 71.0 cm³/mol. The molecule has 1 saturated heterocycles. The van der Waals surface area contributed by atoms with Crippen molar-refractivity contribution in [2.45, 2.75) is 31.7 Å². The van der Waals surface area contributed by atoms with Gasteiger partial charge >= 0.3 is 12.0 Å². The first kappa shape index (κ1) is 14.1. The van der Waals surface area contributed by atoms with Crippen molar-refractivity contribution in [2.24, 2.45) is 5.92 Å². The van der Waals surface area contributed by atoms with Crippen molar-refractivity contribution in [1.82, 2.24) is 15.1 Å². The van der Waals surface area contributed by atoms with Crippen molar-refractivity contribution < 1.29 is 14.7 Å². The second-order valence-electron chi connectivity index (χ2n) is 5.64. The molecule has 1 aliphatic carbocycles. The molecule has 6 nitrogen and oxygen atoms in total. The molecule has 2 fully saturated rings. The van der Waals surface area contributed by atoms with Crippen LogP contribution in [-0.4, -0.2) is 66.2 Å². The number of likely N-dealkylation sites (N-methyl/N-ethyl adjacent to an activating group) is 1. The number of hydrogen-bond donors (Lipinski definition) is 2. The van der Waals surface area contributed by atoms with Crippen molar-refractivity contribution >= 4 is 12.0 Å². The van der Waals surface area contributed by atoms with E-state index >= 15 is 0 Å². The van der Waals surface area contributed by atoms with Crippen LogP contribution in [0.1, 0.15) is 25.7 Å². The Morgan fingerprint density at radius 2 is 2.00 bits per heavy atom. The van der Waals surface area contributed by atoms with E-state index in [1.165, 1.54) is 0 Å². The van der Waals surface area contributed by atoms with Gasteiger partial charge in [0.1, 0.15) is 0 Å². The maximum atomic E-state index is 12.2. The summed E-state index contributed by atoms with van der Waals surface area (Å²) >= 11 is 0. The minimum absolute atomic E-state index is 0.0319. The Hall–Kier alpha value is -1.30. The van der Waals surface area contributed by atoms with Crippen molar-refractivity contribution in [3.05, 3.63) is 0 Å². The molecule has 0 aromatic rings. The molecule has 0 radical (unpaired) electrons. The van der Waals surface area contributed by atoms with Gasteiger partial charge in [-0.15, -0.1) is 0 Å². The third-order valence-electron chi connectivity index (χ3n) is 3.90. The van der Waals surface area contributed by atoms with Crippen LogP contribution in [0.2, 0.25) is 0 Å². The van der Waals surface area contributed by atoms with E-state index in [4.69, 9.17) is 5.11 Å². The fourth-order valence-electron chi connectivity index (χ4n) is 2.52. The van der Waals surface area contributed by atoms with E-state index < -0.39 is 5.97 Å². The number of hydrogen-bond acceptors (Lipinski definition) is 3. The number of carboxylic acid groups (broad SMARTS) is 1. The molecule has 2 aliphatic rings. The van der Waals surface area contributed by atoms with Gasteiger partial charge in [-0.25, -0.2) is 4.79 Å². The van der Waals surface area contributed by atoms with E-state index in [9.17, 15) is 9.59 Å². The van der Waals surface area contributed by atoms with Gasteiger partial charge in [0, 0.05) is 25.7 Å². The van der Waals surface area contributed by atoms with Gasteiger partial charge in [-0.2, -0.15) is 0 Å². The first-order valence-electron chi connectivity index (χ1n) is 7.02. The summed E-state index contributed by atoms with van der Waals surface area (Å²) < 4.78 is 0. The maximum Gasteiger partial charge on any atom is 0.317 e. The molecular weight excluding hydrogens is 246 g/mol. The Morgan fingerprint density at radius 1 is 1.26 bits per heavy atom. The zero-order valence-corrected chi connectivity index (χ0v) is 11.5. The number of carbonyl (C=O) groups excluding carboxylic acids is 1. The highest BCUT2D eigenvalue weighted by atomic mass is 16.4. The first-order chi connectivity index (χ1) is 9.06. The van der Waals surface area contributed by atoms with Crippen molar-refractivity contribution in [1.29, 1.82) is 0 Å². The molecule has 6 heteroatoms. The lowest BCUT2D eigenvalue weighted by Crippen LogP contribution is -2.47. The SMILES string of the molecule is CN1CCCN(C(=O)NC(CC(=O)O)C2CC2)CC1. The van der Waals surface area contributed by atoms with E-state index in [-0.39, 0.29) is 18.5 Å². The van der Waals surface area contributed by atoms with Crippen molar-refractivity contribution in [3.8, 4) is 0 Å². The average Bonchev–Trinajstić information content (AvgIpc) is 3.14. The highest BCUT2D eigenvalue weighted by Gasteiger charge is 2.34. The molecule has 2 amide bonds. The molecule has 19 heavy (non-hydrogen) atoms. The molecule has 2 rings (SSSR count). The number of carboxylic acids is 1. The Balaban J connectivity index is 1.85. The number of amides is 2. The molecule has 0 aromatic heterocycles. The third-order valence-corrected chi connectivity index (χ3v) is 3.90. The predicted octanol–water partition coefficient (Wildman–Crippen LogP) is 0.587. The lowest BCUT2D eigenvalue weighted by molar-refractivity contribution is -0.137. The van der Waals surface area contributed by atoms with Crippen LogP contribution in [0, 0.1) is 5.92 Å². The van der Waals surface area contributed by atoms with Crippen LogP contribution >= 0.6 is 0 Å². The Morgan fingerprint density at radius 3 is 2.63 bits per heavy atom. The van der Waals surface area contributed by atoms with Crippen LogP contribution in [0.3, 0.4) is 0 Å². The monoisotopic (exact) mass is 269 g/mol. The average molecular weight is 269 g/mol. The van der Waals surface area contributed by atoms with Gasteiger partial charge in [0.25, 0.3) is 0 Å². The Kier molecular flexibility index (Phi) is 4.63. The molecule has 0 aromatic carbocycles. The summed E-state index contributed by atoms with van der Waals surface area (Å²) in [5.41, 5.74) is 0. The number of rotatable bonds is 4. The van der Waals surface area contributed by atoms with E-state index in [0.717, 1.165) is 38.9 Å². The van der Waals surface area contributed by atoms with E-state index in [1.807, 2.05) is 0 Å². The van der Waals surface area contributed by atoms with E-state index in [1.54, 1.807) is 4.90 Å². The summed E-state index contributed by atoms with van der Waals surface area (Å²) in [6.45, 7) is 3.35. The lowest BCUT2D eigenvalue weighted by atomic mass is 10.1. The van der Waals surface area contributed by atoms with Gasteiger partial charge in [0.05, 0.1) is 6.42 Å². The Labute approximate surface area is 113 Å². The molecule has 108 valence electrons. The van der Waals surface area contributed by atoms with Crippen molar-refractivity contribution in [2.75, 3.05) is 33.2 Å². The fourth-order valence-corrected chi connectivity index (χ4v) is 2.52. The zero-order chi connectivity index (χ0) is 13.8. The van der Waals surface area contributed by atoms with Gasteiger partial charge in [-0.3, -0.25) is 4.79 Å². The number of aliphatic carboxylic acids is 1. The van der Waals surface area contributed by atoms with Gasteiger partial charge in [0.2, 0.25) is 0 Å². The zero-order valence-electron chi connectivity index (χ0n) is 11.5. The maximum absolute atomic E-state index is 12.2. The third kappa shape index (κ3) is 4.38. The molecule has 1 aliphatic heterocycles. The van der Waals surface area contributed by atoms with Gasteiger partial charge in [-0.05, 0) is 38.8 Å². The van der Waals surface area contributed by atoms with E-state index in [0.29, 0.717) is 12.5 Å². The number of nitrogens with zero attached hydrogens (tertiary/aromatic N) is 2. The molecule has 2 N–H and O–H groups in total. The topological polar surface area (TPSA) is 72.9 Å². The molecule has 1 atom stereocenters. The summed E-state index contributed by atoms with van der Waals surface area (Å²) in [7, 11) is 2.05. The standard InChI is InChI=1S/C13H23N3O3/c1-15-5-2-6-16(8-7-15)13(19)14-11(9-12(17)18)10-3-4-10/h10-11H,2-9H2,1H3,(H,14,19)(H,17,18). The summed E-state index contributed by atoms with van der Waals surface area (Å²) in [4.78, 5) is 27.0. The van der Waals surface area contributed by atoms with Crippen LogP contribution in [0.15, 0.2) is 0 Å². The van der Waals surface area contributed by atoms with Crippen LogP contribution in [0.5, 0.6) is 0 Å². The molecular formula is C13H23N3O3. The second kappa shape index (κ2) is 6.23. The van der Waals surface area contributed by atoms with Gasteiger partial charge < -0.3 is 20.2 Å². The summed E-state index contributed by atoms with van der Waals surface area (Å²) in [5.74, 6) is -0.484. The molecule has 0 bridgehead atoms. The minimum atomic E-state index is -0.840. The number of carbonyl (C=O) groups is 2. The molecule has 1 heterocycles. The fraction of sp³-hybridized carbons (Fsp3) is 0.846. The van der Waals surface area contributed by atoms with E-state index in [2.05, 4.69) is 17.3 Å². The summed E-state index contributed by atoms with van der Waals surface area (Å²) in [6.07, 6.45) is 3.06. The van der Waals surface area contributed by atoms with Gasteiger partial charge in [-0.1, -0.05) is 0 Å². The second-order valence-corrected chi connectivity index (χ2v) is 5.64. The summed E-state index contributed by atoms with van der Waals surface area (Å²) in [6, 6.07) is -0.306. The largest absolute Gasteiger partial charge is 0.481 e. The summed E-state index contributed by atoms with van der Waals surface area (Å²) in [5, 5.41) is 11.8. The Bertz CT molecular complexity index is 344.